The van der Waals surface area contributed by atoms with Crippen molar-refractivity contribution >= 4 is 11.6 Å². The zero-order chi connectivity index (χ0) is 19.6. The first-order valence-corrected chi connectivity index (χ1v) is 7.60. The number of nitriles is 1. The van der Waals surface area contributed by atoms with Crippen LogP contribution in [0.2, 0.25) is 0 Å². The van der Waals surface area contributed by atoms with Crippen LogP contribution in [0, 0.1) is 11.3 Å². The van der Waals surface area contributed by atoms with E-state index in [2.05, 4.69) is 20.4 Å². The molecule has 0 aliphatic rings. The molecular formula is C17H13F3N6O. The number of alkyl halides is 3. The first-order chi connectivity index (χ1) is 12.8. The number of hydrogen-bond acceptors (Lipinski definition) is 6. The predicted octanol–water partition coefficient (Wildman–Crippen LogP) is 3.52. The van der Waals surface area contributed by atoms with E-state index in [0.717, 1.165) is 4.68 Å². The summed E-state index contributed by atoms with van der Waals surface area (Å²) in [4.78, 5) is 8.10. The van der Waals surface area contributed by atoms with Crippen LogP contribution in [0.4, 0.5) is 24.8 Å². The molecule has 2 aromatic heterocycles. The first-order valence-electron chi connectivity index (χ1n) is 7.60. The van der Waals surface area contributed by atoms with Crippen LogP contribution in [0.25, 0.3) is 11.1 Å². The summed E-state index contributed by atoms with van der Waals surface area (Å²) >= 11 is 0. The summed E-state index contributed by atoms with van der Waals surface area (Å²) in [5.41, 5.74) is 0.421. The van der Waals surface area contributed by atoms with Gasteiger partial charge in [0.25, 0.3) is 0 Å². The number of anilines is 2. The van der Waals surface area contributed by atoms with Gasteiger partial charge in [0.2, 0.25) is 5.95 Å². The third-order valence-corrected chi connectivity index (χ3v) is 3.65. The highest BCUT2D eigenvalue weighted by molar-refractivity contribution is 5.67. The Morgan fingerprint density at radius 1 is 1.19 bits per heavy atom. The summed E-state index contributed by atoms with van der Waals surface area (Å²) in [6.45, 7) is 0. The van der Waals surface area contributed by atoms with Crippen molar-refractivity contribution in [3.63, 3.8) is 0 Å². The second kappa shape index (κ2) is 6.95. The topological polar surface area (TPSA) is 88.7 Å². The van der Waals surface area contributed by atoms with Gasteiger partial charge in [-0.05, 0) is 17.7 Å². The summed E-state index contributed by atoms with van der Waals surface area (Å²) in [6, 6.07) is 6.98. The number of rotatable bonds is 4. The van der Waals surface area contributed by atoms with Crippen LogP contribution in [0.3, 0.4) is 0 Å². The van der Waals surface area contributed by atoms with Gasteiger partial charge in [0, 0.05) is 31.2 Å². The third kappa shape index (κ3) is 3.82. The minimum atomic E-state index is -4.59. The van der Waals surface area contributed by atoms with Gasteiger partial charge in [0.05, 0.1) is 18.4 Å². The van der Waals surface area contributed by atoms with E-state index in [4.69, 9.17) is 10.00 Å². The fourth-order valence-corrected chi connectivity index (χ4v) is 2.41. The Morgan fingerprint density at radius 2 is 1.89 bits per heavy atom. The number of aryl methyl sites for hydroxylation is 1. The molecule has 0 amide bonds. The SMILES string of the molecule is COc1cc(-c2cnc(Nc3cn(C)nc3C(F)(F)F)nc2)ccc1C#N. The van der Waals surface area contributed by atoms with Gasteiger partial charge in [-0.1, -0.05) is 6.07 Å². The fraction of sp³-hybridized carbons (Fsp3) is 0.176. The first kappa shape index (κ1) is 18.2. The molecule has 2 heterocycles. The van der Waals surface area contributed by atoms with Crippen LogP contribution in [-0.4, -0.2) is 26.9 Å². The van der Waals surface area contributed by atoms with Crippen molar-refractivity contribution in [3.8, 4) is 22.9 Å². The number of nitrogens with one attached hydrogen (secondary N) is 1. The molecule has 0 bridgehead atoms. The van der Waals surface area contributed by atoms with E-state index in [9.17, 15) is 13.2 Å². The van der Waals surface area contributed by atoms with E-state index in [1.165, 1.54) is 32.7 Å². The lowest BCUT2D eigenvalue weighted by Crippen LogP contribution is -2.10. The molecule has 0 saturated carbocycles. The number of aromatic nitrogens is 4. The van der Waals surface area contributed by atoms with E-state index in [-0.39, 0.29) is 11.6 Å². The van der Waals surface area contributed by atoms with E-state index < -0.39 is 11.9 Å². The van der Waals surface area contributed by atoms with Crippen molar-refractivity contribution in [2.45, 2.75) is 6.18 Å². The molecule has 0 aliphatic heterocycles. The normalized spacial score (nSPS) is 11.1. The average Bonchev–Trinajstić information content (AvgIpc) is 3.02. The Bertz CT molecular complexity index is 1000. The van der Waals surface area contributed by atoms with Crippen molar-refractivity contribution in [2.75, 3.05) is 12.4 Å². The van der Waals surface area contributed by atoms with Crippen LogP contribution in [0.1, 0.15) is 11.3 Å². The summed E-state index contributed by atoms with van der Waals surface area (Å²) in [5.74, 6) is 0.403. The molecular weight excluding hydrogens is 361 g/mol. The second-order valence-electron chi connectivity index (χ2n) is 5.51. The molecule has 0 fully saturated rings. The van der Waals surface area contributed by atoms with Crippen LogP contribution in [-0.2, 0) is 13.2 Å². The van der Waals surface area contributed by atoms with Gasteiger partial charge in [-0.3, -0.25) is 4.68 Å². The Balaban J connectivity index is 1.86. The average molecular weight is 374 g/mol. The largest absolute Gasteiger partial charge is 0.495 e. The molecule has 3 rings (SSSR count). The Morgan fingerprint density at radius 3 is 2.48 bits per heavy atom. The van der Waals surface area contributed by atoms with E-state index in [1.54, 1.807) is 18.2 Å². The highest BCUT2D eigenvalue weighted by Crippen LogP contribution is 2.34. The zero-order valence-electron chi connectivity index (χ0n) is 14.2. The van der Waals surface area contributed by atoms with Gasteiger partial charge in [-0.2, -0.15) is 23.5 Å². The summed E-state index contributed by atoms with van der Waals surface area (Å²) in [5, 5.41) is 15.0. The van der Waals surface area contributed by atoms with E-state index in [0.29, 0.717) is 22.4 Å². The molecule has 27 heavy (non-hydrogen) atoms. The lowest BCUT2D eigenvalue weighted by Gasteiger charge is -2.09. The third-order valence-electron chi connectivity index (χ3n) is 3.65. The van der Waals surface area contributed by atoms with Crippen LogP contribution in [0.5, 0.6) is 5.75 Å². The predicted molar refractivity (Wildman–Crippen MR) is 90.2 cm³/mol. The lowest BCUT2D eigenvalue weighted by molar-refractivity contribution is -0.140. The maximum Gasteiger partial charge on any atom is 0.437 e. The second-order valence-corrected chi connectivity index (χ2v) is 5.51. The summed E-state index contributed by atoms with van der Waals surface area (Å²) < 4.78 is 45.2. The van der Waals surface area contributed by atoms with Crippen LogP contribution in [0.15, 0.2) is 36.8 Å². The van der Waals surface area contributed by atoms with Crippen LogP contribution >= 0.6 is 0 Å². The lowest BCUT2D eigenvalue weighted by atomic mass is 10.1. The Labute approximate surface area is 152 Å². The fourth-order valence-electron chi connectivity index (χ4n) is 2.41. The number of halogens is 3. The molecule has 1 aromatic carbocycles. The number of benzene rings is 1. The molecule has 0 radical (unpaired) electrons. The number of hydrogen-bond donors (Lipinski definition) is 1. The van der Waals surface area contributed by atoms with Gasteiger partial charge in [-0.15, -0.1) is 0 Å². The van der Waals surface area contributed by atoms with Crippen molar-refractivity contribution < 1.29 is 17.9 Å². The minimum absolute atomic E-state index is 0.00198. The molecule has 1 N–H and O–H groups in total. The monoisotopic (exact) mass is 374 g/mol. The zero-order valence-corrected chi connectivity index (χ0v) is 14.2. The highest BCUT2D eigenvalue weighted by atomic mass is 19.4. The highest BCUT2D eigenvalue weighted by Gasteiger charge is 2.37. The quantitative estimate of drug-likeness (QED) is 0.752. The summed E-state index contributed by atoms with van der Waals surface area (Å²) in [7, 11) is 2.85. The molecule has 0 unspecified atom stereocenters. The molecule has 7 nitrogen and oxygen atoms in total. The van der Waals surface area contributed by atoms with Crippen molar-refractivity contribution in [3.05, 3.63) is 48.0 Å². The number of ether oxygens (including phenoxy) is 1. The smallest absolute Gasteiger partial charge is 0.437 e. The molecule has 3 aromatic rings. The van der Waals surface area contributed by atoms with Gasteiger partial charge >= 0.3 is 6.18 Å². The van der Waals surface area contributed by atoms with Crippen molar-refractivity contribution in [1.82, 2.24) is 19.7 Å². The molecule has 0 atom stereocenters. The van der Waals surface area contributed by atoms with Gasteiger partial charge in [-0.25, -0.2) is 9.97 Å². The minimum Gasteiger partial charge on any atom is -0.495 e. The Kier molecular flexibility index (Phi) is 4.68. The van der Waals surface area contributed by atoms with E-state index >= 15 is 0 Å². The maximum absolute atomic E-state index is 13.0. The summed E-state index contributed by atoms with van der Waals surface area (Å²) in [6.07, 6.45) is -0.478. The van der Waals surface area contributed by atoms with Crippen LogP contribution < -0.4 is 10.1 Å². The van der Waals surface area contributed by atoms with Crippen molar-refractivity contribution in [1.29, 1.82) is 5.26 Å². The molecule has 0 saturated heterocycles. The van der Waals surface area contributed by atoms with Gasteiger partial charge in [0.1, 0.15) is 11.8 Å². The number of nitrogens with zero attached hydrogens (tertiary/aromatic N) is 5. The maximum atomic E-state index is 13.0. The molecule has 138 valence electrons. The molecule has 10 heteroatoms. The van der Waals surface area contributed by atoms with Gasteiger partial charge < -0.3 is 10.1 Å². The van der Waals surface area contributed by atoms with E-state index in [1.807, 2.05) is 6.07 Å². The standard InChI is InChI=1S/C17H13F3N6O/c1-26-9-13(15(25-26)17(18,19)20)24-16-22-7-12(8-23-16)10-3-4-11(6-21)14(5-10)27-2/h3-5,7-9H,1-2H3,(H,22,23,24). The number of methoxy groups -OCH3 is 1. The Hall–Kier alpha value is -3.61. The molecule has 0 spiro atoms. The van der Waals surface area contributed by atoms with Crippen molar-refractivity contribution in [2.24, 2.45) is 7.05 Å². The van der Waals surface area contributed by atoms with Gasteiger partial charge in [0.15, 0.2) is 5.69 Å². The molecule has 0 aliphatic carbocycles.